The first-order valence-electron chi connectivity index (χ1n) is 8.48. The number of nitrogens with zero attached hydrogens (tertiary/aromatic N) is 6. The molecule has 0 saturated carbocycles. The van der Waals surface area contributed by atoms with Crippen LogP contribution in [0.25, 0.3) is 10.9 Å². The maximum atomic E-state index is 13.3. The molecule has 142 valence electrons. The lowest BCUT2D eigenvalue weighted by Gasteiger charge is -2.34. The molecule has 0 N–H and O–H groups in total. The Labute approximate surface area is 152 Å². The van der Waals surface area contributed by atoms with Crippen LogP contribution in [0.2, 0.25) is 0 Å². The number of hydrogen-bond donors (Lipinski definition) is 0. The van der Waals surface area contributed by atoms with Gasteiger partial charge in [-0.2, -0.15) is 18.3 Å². The van der Waals surface area contributed by atoms with E-state index in [2.05, 4.69) is 20.1 Å². The summed E-state index contributed by atoms with van der Waals surface area (Å²) >= 11 is 0. The second-order valence-electron chi connectivity index (χ2n) is 6.37. The molecule has 1 aliphatic rings. The Morgan fingerprint density at radius 3 is 2.78 bits per heavy atom. The van der Waals surface area contributed by atoms with E-state index in [0.29, 0.717) is 24.2 Å². The van der Waals surface area contributed by atoms with Crippen molar-refractivity contribution in [2.45, 2.75) is 25.1 Å². The fourth-order valence-electron chi connectivity index (χ4n) is 3.36. The zero-order valence-electron chi connectivity index (χ0n) is 14.5. The lowest BCUT2D eigenvalue weighted by molar-refractivity contribution is -0.144. The number of rotatable bonds is 3. The highest BCUT2D eigenvalue weighted by atomic mass is 19.4. The van der Waals surface area contributed by atoms with E-state index in [4.69, 9.17) is 4.74 Å². The van der Waals surface area contributed by atoms with Crippen molar-refractivity contribution < 1.29 is 17.9 Å². The molecule has 10 heteroatoms. The third-order valence-corrected chi connectivity index (χ3v) is 4.64. The molecule has 4 rings (SSSR count). The summed E-state index contributed by atoms with van der Waals surface area (Å²) in [5.41, 5.74) is 0.232. The van der Waals surface area contributed by atoms with Crippen LogP contribution in [0.5, 0.6) is 5.75 Å². The largest absolute Gasteiger partial charge is 0.497 e. The van der Waals surface area contributed by atoms with Gasteiger partial charge in [0.2, 0.25) is 5.82 Å². The second-order valence-corrected chi connectivity index (χ2v) is 6.37. The highest BCUT2D eigenvalue weighted by Gasteiger charge is 2.36. The molecule has 27 heavy (non-hydrogen) atoms. The van der Waals surface area contributed by atoms with Crippen LogP contribution in [0.3, 0.4) is 0 Å². The van der Waals surface area contributed by atoms with E-state index < -0.39 is 12.0 Å². The first-order chi connectivity index (χ1) is 13.0. The predicted molar refractivity (Wildman–Crippen MR) is 91.6 cm³/mol. The van der Waals surface area contributed by atoms with Crippen LogP contribution in [0.1, 0.15) is 24.7 Å². The van der Waals surface area contributed by atoms with Crippen LogP contribution in [0.15, 0.2) is 30.9 Å². The standard InChI is InChI=1S/C17H17F3N6O/c1-27-12-4-5-14-13(7-12)15(24-16(23-14)17(18,19)20)25-6-2-3-11(8-25)26-10-21-9-22-26/h4-5,7,9-11H,2-3,6,8H2,1H3. The zero-order chi connectivity index (χ0) is 19.0. The second kappa shape index (κ2) is 6.67. The molecule has 1 saturated heterocycles. The number of methoxy groups -OCH3 is 1. The van der Waals surface area contributed by atoms with E-state index in [1.165, 1.54) is 19.5 Å². The van der Waals surface area contributed by atoms with Crippen molar-refractivity contribution >= 4 is 16.7 Å². The molecular weight excluding hydrogens is 361 g/mol. The van der Waals surface area contributed by atoms with Gasteiger partial charge in [-0.25, -0.2) is 19.6 Å². The number of ether oxygens (including phenoxy) is 1. The average Bonchev–Trinajstić information content (AvgIpc) is 3.21. The van der Waals surface area contributed by atoms with Crippen LogP contribution >= 0.6 is 0 Å². The maximum absolute atomic E-state index is 13.3. The molecule has 1 fully saturated rings. The highest BCUT2D eigenvalue weighted by molar-refractivity contribution is 5.90. The van der Waals surface area contributed by atoms with Crippen LogP contribution in [0, 0.1) is 0 Å². The number of fused-ring (bicyclic) bond motifs is 1. The van der Waals surface area contributed by atoms with Gasteiger partial charge >= 0.3 is 6.18 Å². The van der Waals surface area contributed by atoms with Gasteiger partial charge in [-0.3, -0.25) is 0 Å². The monoisotopic (exact) mass is 378 g/mol. The summed E-state index contributed by atoms with van der Waals surface area (Å²) in [5.74, 6) is -0.342. The maximum Gasteiger partial charge on any atom is 0.451 e. The van der Waals surface area contributed by atoms with Crippen LogP contribution in [-0.4, -0.2) is 44.9 Å². The van der Waals surface area contributed by atoms with Crippen molar-refractivity contribution in [2.24, 2.45) is 0 Å². The molecule has 3 aromatic rings. The van der Waals surface area contributed by atoms with Gasteiger partial charge in [0.25, 0.3) is 0 Å². The molecule has 1 unspecified atom stereocenters. The summed E-state index contributed by atoms with van der Waals surface area (Å²) in [6.45, 7) is 1.09. The average molecular weight is 378 g/mol. The lowest BCUT2D eigenvalue weighted by Crippen LogP contribution is -2.37. The Bertz CT molecular complexity index is 944. The first-order valence-corrected chi connectivity index (χ1v) is 8.48. The van der Waals surface area contributed by atoms with E-state index in [1.54, 1.807) is 23.1 Å². The molecule has 1 atom stereocenters. The van der Waals surface area contributed by atoms with Gasteiger partial charge < -0.3 is 9.64 Å². The Kier molecular flexibility index (Phi) is 4.33. The van der Waals surface area contributed by atoms with Crippen molar-refractivity contribution in [2.75, 3.05) is 25.1 Å². The Balaban J connectivity index is 1.80. The summed E-state index contributed by atoms with van der Waals surface area (Å²) in [5, 5.41) is 4.69. The highest BCUT2D eigenvalue weighted by Crippen LogP contribution is 2.35. The van der Waals surface area contributed by atoms with Crippen molar-refractivity contribution in [3.63, 3.8) is 0 Å². The van der Waals surface area contributed by atoms with Crippen molar-refractivity contribution in [1.29, 1.82) is 0 Å². The van der Waals surface area contributed by atoms with Crippen molar-refractivity contribution in [3.05, 3.63) is 36.7 Å². The smallest absolute Gasteiger partial charge is 0.451 e. The SMILES string of the molecule is COc1ccc2nc(C(F)(F)F)nc(N3CCCC(n4cncn4)C3)c2c1. The third-order valence-electron chi connectivity index (χ3n) is 4.64. The van der Waals surface area contributed by atoms with Crippen LogP contribution < -0.4 is 9.64 Å². The molecular formula is C17H17F3N6O. The third kappa shape index (κ3) is 3.38. The minimum absolute atomic E-state index is 0.0196. The molecule has 7 nitrogen and oxygen atoms in total. The first kappa shape index (κ1) is 17.5. The summed E-state index contributed by atoms with van der Waals surface area (Å²) in [6, 6.07) is 4.80. The van der Waals surface area contributed by atoms with Gasteiger partial charge in [0.15, 0.2) is 0 Å². The van der Waals surface area contributed by atoms with E-state index in [0.717, 1.165) is 12.8 Å². The molecule has 0 radical (unpaired) electrons. The predicted octanol–water partition coefficient (Wildman–Crippen LogP) is 3.09. The van der Waals surface area contributed by atoms with Gasteiger partial charge in [0.05, 0.1) is 18.7 Å². The number of anilines is 1. The zero-order valence-corrected chi connectivity index (χ0v) is 14.5. The van der Waals surface area contributed by atoms with E-state index >= 15 is 0 Å². The fourth-order valence-corrected chi connectivity index (χ4v) is 3.36. The fraction of sp³-hybridized carbons (Fsp3) is 0.412. The summed E-state index contributed by atoms with van der Waals surface area (Å²) < 4.78 is 46.9. The minimum atomic E-state index is -4.62. The topological polar surface area (TPSA) is 69.0 Å². The quantitative estimate of drug-likeness (QED) is 0.698. The molecule has 3 heterocycles. The van der Waals surface area contributed by atoms with E-state index in [9.17, 15) is 13.2 Å². The minimum Gasteiger partial charge on any atom is -0.497 e. The lowest BCUT2D eigenvalue weighted by atomic mass is 10.1. The summed E-state index contributed by atoms with van der Waals surface area (Å²) in [6.07, 6.45) is 0.131. The van der Waals surface area contributed by atoms with Crippen LogP contribution in [0.4, 0.5) is 19.0 Å². The molecule has 0 amide bonds. The summed E-state index contributed by atoms with van der Waals surface area (Å²) in [7, 11) is 1.51. The van der Waals surface area contributed by atoms with Crippen molar-refractivity contribution in [3.8, 4) is 5.75 Å². The molecule has 2 aromatic heterocycles. The van der Waals surface area contributed by atoms with Gasteiger partial charge in [-0.1, -0.05) is 0 Å². The number of piperidine rings is 1. The molecule has 0 spiro atoms. The van der Waals surface area contributed by atoms with Crippen molar-refractivity contribution in [1.82, 2.24) is 24.7 Å². The van der Waals surface area contributed by atoms with E-state index in [-0.39, 0.29) is 17.4 Å². The number of alkyl halides is 3. The van der Waals surface area contributed by atoms with Gasteiger partial charge in [-0.15, -0.1) is 0 Å². The Hall–Kier alpha value is -2.91. The van der Waals surface area contributed by atoms with Gasteiger partial charge in [0.1, 0.15) is 24.2 Å². The molecule has 1 aromatic carbocycles. The van der Waals surface area contributed by atoms with E-state index in [1.807, 2.05) is 4.90 Å². The number of aromatic nitrogens is 5. The summed E-state index contributed by atoms with van der Waals surface area (Å²) in [4.78, 5) is 13.4. The molecule has 1 aliphatic heterocycles. The molecule has 0 aliphatic carbocycles. The van der Waals surface area contributed by atoms with Gasteiger partial charge in [-0.05, 0) is 31.0 Å². The number of halogens is 3. The number of hydrogen-bond acceptors (Lipinski definition) is 6. The van der Waals surface area contributed by atoms with Gasteiger partial charge in [0, 0.05) is 18.5 Å². The Morgan fingerprint density at radius 2 is 2.07 bits per heavy atom. The molecule has 0 bridgehead atoms. The number of benzene rings is 1. The normalized spacial score (nSPS) is 18.1. The Morgan fingerprint density at radius 1 is 1.22 bits per heavy atom. The van der Waals surface area contributed by atoms with Crippen LogP contribution in [-0.2, 0) is 6.18 Å².